The summed E-state index contributed by atoms with van der Waals surface area (Å²) >= 11 is 0. The van der Waals surface area contributed by atoms with E-state index < -0.39 is 11.6 Å². The summed E-state index contributed by atoms with van der Waals surface area (Å²) in [6, 6.07) is 3.85. The van der Waals surface area contributed by atoms with Gasteiger partial charge >= 0.3 is 5.97 Å². The molecule has 0 amide bonds. The molecular weight excluding hydrogens is 326 g/mol. The largest absolute Gasteiger partial charge is 0.468 e. The van der Waals surface area contributed by atoms with Gasteiger partial charge in [0.2, 0.25) is 0 Å². The summed E-state index contributed by atoms with van der Waals surface area (Å²) in [6.45, 7) is 3.25. The summed E-state index contributed by atoms with van der Waals surface area (Å²) in [5.74, 6) is -1.55. The summed E-state index contributed by atoms with van der Waals surface area (Å²) in [5, 5.41) is 3.30. The van der Waals surface area contributed by atoms with Crippen LogP contribution in [-0.2, 0) is 16.1 Å². The number of hydrogen-bond acceptors (Lipinski definition) is 4. The van der Waals surface area contributed by atoms with Crippen molar-refractivity contribution < 1.29 is 18.3 Å². The van der Waals surface area contributed by atoms with E-state index in [-0.39, 0.29) is 24.9 Å². The molecule has 2 rings (SSSR count). The van der Waals surface area contributed by atoms with Crippen LogP contribution >= 0.6 is 12.4 Å². The van der Waals surface area contributed by atoms with Crippen molar-refractivity contribution in [2.75, 3.05) is 33.3 Å². The van der Waals surface area contributed by atoms with Gasteiger partial charge in [0.15, 0.2) is 11.6 Å². The Kier molecular flexibility index (Phi) is 8.44. The molecule has 0 atom stereocenters. The van der Waals surface area contributed by atoms with Crippen molar-refractivity contribution in [3.05, 3.63) is 35.4 Å². The molecule has 0 radical (unpaired) electrons. The van der Waals surface area contributed by atoms with Crippen LogP contribution in [0.2, 0.25) is 0 Å². The number of halogens is 3. The van der Waals surface area contributed by atoms with Crippen LogP contribution < -0.4 is 5.32 Å². The van der Waals surface area contributed by atoms with Gasteiger partial charge in [-0.15, -0.1) is 12.4 Å². The Balaban J connectivity index is 0.00000264. The number of rotatable bonds is 6. The van der Waals surface area contributed by atoms with Gasteiger partial charge in [0.1, 0.15) is 0 Å². The Labute approximate surface area is 141 Å². The molecule has 0 aliphatic carbocycles. The van der Waals surface area contributed by atoms with Crippen LogP contribution in [0.15, 0.2) is 18.2 Å². The zero-order valence-electron chi connectivity index (χ0n) is 13.2. The van der Waals surface area contributed by atoms with Gasteiger partial charge in [0, 0.05) is 13.1 Å². The molecule has 0 unspecified atom stereocenters. The predicted molar refractivity (Wildman–Crippen MR) is 86.5 cm³/mol. The summed E-state index contributed by atoms with van der Waals surface area (Å²) in [7, 11) is 1.35. The van der Waals surface area contributed by atoms with Gasteiger partial charge in [-0.2, -0.15) is 0 Å². The number of nitrogens with zero attached hydrogens (tertiary/aromatic N) is 1. The third-order valence-corrected chi connectivity index (χ3v) is 3.95. The molecule has 0 saturated carbocycles. The summed E-state index contributed by atoms with van der Waals surface area (Å²) in [6.07, 6.45) is 2.10. The number of piperidine rings is 1. The van der Waals surface area contributed by atoms with Crippen molar-refractivity contribution >= 4 is 18.4 Å². The Morgan fingerprint density at radius 3 is 2.61 bits per heavy atom. The quantitative estimate of drug-likeness (QED) is 0.801. The van der Waals surface area contributed by atoms with Gasteiger partial charge in [-0.1, -0.05) is 6.07 Å². The first-order chi connectivity index (χ1) is 10.6. The van der Waals surface area contributed by atoms with Gasteiger partial charge in [-0.05, 0) is 49.5 Å². The lowest BCUT2D eigenvalue weighted by Gasteiger charge is -2.29. The Bertz CT molecular complexity index is 511. The van der Waals surface area contributed by atoms with Crippen molar-refractivity contribution in [1.29, 1.82) is 0 Å². The Morgan fingerprint density at radius 2 is 2.00 bits per heavy atom. The first-order valence-electron chi connectivity index (χ1n) is 7.52. The maximum absolute atomic E-state index is 13.3. The van der Waals surface area contributed by atoms with Crippen LogP contribution in [0, 0.1) is 17.6 Å². The van der Waals surface area contributed by atoms with Crippen LogP contribution in [0.25, 0.3) is 0 Å². The molecule has 1 aliphatic rings. The highest BCUT2D eigenvalue weighted by atomic mass is 35.5. The number of methoxy groups -OCH3 is 1. The van der Waals surface area contributed by atoms with Gasteiger partial charge in [0.05, 0.1) is 13.7 Å². The number of nitrogens with one attached hydrogen (secondary N) is 1. The lowest BCUT2D eigenvalue weighted by atomic mass is 9.97. The Morgan fingerprint density at radius 1 is 1.30 bits per heavy atom. The van der Waals surface area contributed by atoms with E-state index in [0.717, 1.165) is 38.5 Å². The minimum Gasteiger partial charge on any atom is -0.468 e. The van der Waals surface area contributed by atoms with Crippen LogP contribution in [0.5, 0.6) is 0 Å². The molecule has 0 bridgehead atoms. The third-order valence-electron chi connectivity index (χ3n) is 3.95. The fraction of sp³-hybridized carbons (Fsp3) is 0.562. The van der Waals surface area contributed by atoms with E-state index in [4.69, 9.17) is 4.74 Å². The smallest absolute Gasteiger partial charge is 0.319 e. The molecular formula is C16H23ClF2N2O2. The van der Waals surface area contributed by atoms with E-state index in [0.29, 0.717) is 18.0 Å². The third kappa shape index (κ3) is 6.41. The van der Waals surface area contributed by atoms with E-state index in [2.05, 4.69) is 5.32 Å². The van der Waals surface area contributed by atoms with E-state index >= 15 is 0 Å². The molecule has 1 heterocycles. The van der Waals surface area contributed by atoms with Crippen LogP contribution in [0.1, 0.15) is 18.4 Å². The summed E-state index contributed by atoms with van der Waals surface area (Å²) < 4.78 is 31.1. The molecule has 4 nitrogen and oxygen atoms in total. The second-order valence-electron chi connectivity index (χ2n) is 5.69. The Hall–Kier alpha value is -1.24. The van der Waals surface area contributed by atoms with Crippen molar-refractivity contribution in [2.24, 2.45) is 5.92 Å². The summed E-state index contributed by atoms with van der Waals surface area (Å²) in [5.41, 5.74) is 0.650. The normalized spacial score (nSPS) is 15.3. The van der Waals surface area contributed by atoms with Crippen LogP contribution in [-0.4, -0.2) is 44.2 Å². The van der Waals surface area contributed by atoms with Crippen LogP contribution in [0.3, 0.4) is 0 Å². The molecule has 0 aromatic heterocycles. The molecule has 1 aromatic rings. The van der Waals surface area contributed by atoms with E-state index in [9.17, 15) is 13.6 Å². The average molecular weight is 349 g/mol. The van der Waals surface area contributed by atoms with E-state index in [1.807, 2.05) is 4.90 Å². The second kappa shape index (κ2) is 9.80. The first-order valence-corrected chi connectivity index (χ1v) is 7.52. The van der Waals surface area contributed by atoms with Gasteiger partial charge in [-0.25, -0.2) is 8.78 Å². The molecule has 130 valence electrons. The molecule has 0 spiro atoms. The van der Waals surface area contributed by atoms with Gasteiger partial charge in [-0.3, -0.25) is 9.69 Å². The van der Waals surface area contributed by atoms with E-state index in [1.165, 1.54) is 13.2 Å². The topological polar surface area (TPSA) is 41.6 Å². The second-order valence-corrected chi connectivity index (χ2v) is 5.69. The molecule has 1 aromatic carbocycles. The zero-order valence-corrected chi connectivity index (χ0v) is 14.0. The number of ether oxygens (including phenoxy) is 1. The van der Waals surface area contributed by atoms with Crippen molar-refractivity contribution in [3.8, 4) is 0 Å². The molecule has 1 aliphatic heterocycles. The minimum atomic E-state index is -0.864. The lowest BCUT2D eigenvalue weighted by Crippen LogP contribution is -2.38. The van der Waals surface area contributed by atoms with Gasteiger partial charge < -0.3 is 10.1 Å². The van der Waals surface area contributed by atoms with Crippen molar-refractivity contribution in [1.82, 2.24) is 10.2 Å². The molecule has 23 heavy (non-hydrogen) atoms. The standard InChI is InChI=1S/C16H22F2N2O2.ClH/c1-22-16(21)11-20(9-12-4-6-19-7-5-12)10-13-2-3-14(17)15(18)8-13;/h2-3,8,12,19H,4-7,9-11H2,1H3;1H. The monoisotopic (exact) mass is 348 g/mol. The first kappa shape index (κ1) is 19.8. The molecule has 7 heteroatoms. The maximum Gasteiger partial charge on any atom is 0.319 e. The molecule has 1 fully saturated rings. The van der Waals surface area contributed by atoms with E-state index in [1.54, 1.807) is 6.07 Å². The lowest BCUT2D eigenvalue weighted by molar-refractivity contribution is -0.142. The minimum absolute atomic E-state index is 0. The number of hydrogen-bond donors (Lipinski definition) is 1. The fourth-order valence-corrected chi connectivity index (χ4v) is 2.76. The average Bonchev–Trinajstić information content (AvgIpc) is 2.51. The number of carbonyl (C=O) groups excluding carboxylic acids is 1. The number of carbonyl (C=O) groups is 1. The predicted octanol–water partition coefficient (Wildman–Crippen LogP) is 2.36. The highest BCUT2D eigenvalue weighted by molar-refractivity contribution is 5.85. The zero-order chi connectivity index (χ0) is 15.9. The molecule has 1 saturated heterocycles. The highest BCUT2D eigenvalue weighted by Crippen LogP contribution is 2.16. The van der Waals surface area contributed by atoms with Gasteiger partial charge in [0.25, 0.3) is 0 Å². The molecule has 1 N–H and O–H groups in total. The van der Waals surface area contributed by atoms with Crippen LogP contribution in [0.4, 0.5) is 8.78 Å². The van der Waals surface area contributed by atoms with Crippen molar-refractivity contribution in [2.45, 2.75) is 19.4 Å². The SMILES string of the molecule is COC(=O)CN(Cc1ccc(F)c(F)c1)CC1CCNCC1.Cl. The highest BCUT2D eigenvalue weighted by Gasteiger charge is 2.19. The fourth-order valence-electron chi connectivity index (χ4n) is 2.76. The number of benzene rings is 1. The van der Waals surface area contributed by atoms with Crippen molar-refractivity contribution in [3.63, 3.8) is 0 Å². The summed E-state index contributed by atoms with van der Waals surface area (Å²) in [4.78, 5) is 13.5. The maximum atomic E-state index is 13.3. The number of esters is 1.